The maximum atomic E-state index is 12.9. The number of benzene rings is 1. The molecule has 7 heteroatoms. The van der Waals surface area contributed by atoms with Gasteiger partial charge in [0.15, 0.2) is 0 Å². The number of hydrogen-bond acceptors (Lipinski definition) is 6. The Morgan fingerprint density at radius 1 is 0.929 bits per heavy atom. The molecule has 1 unspecified atom stereocenters. The second-order valence-corrected chi connectivity index (χ2v) is 7.60. The Hall–Kier alpha value is -2.67. The van der Waals surface area contributed by atoms with E-state index in [4.69, 9.17) is 4.74 Å². The summed E-state index contributed by atoms with van der Waals surface area (Å²) in [5.41, 5.74) is 2.52. The SMILES string of the molecule is O=C(C1Cc2ccccc21)N1CCN(c2cc(N3CCOCC3)ncn2)CC1. The first-order valence-electron chi connectivity index (χ1n) is 10.1. The number of ether oxygens (including phenoxy) is 1. The van der Waals surface area contributed by atoms with Gasteiger partial charge in [-0.2, -0.15) is 0 Å². The number of fused-ring (bicyclic) bond motifs is 1. The van der Waals surface area contributed by atoms with E-state index in [1.54, 1.807) is 6.33 Å². The van der Waals surface area contributed by atoms with Crippen molar-refractivity contribution in [2.45, 2.75) is 12.3 Å². The zero-order valence-corrected chi connectivity index (χ0v) is 16.0. The van der Waals surface area contributed by atoms with E-state index in [2.05, 4.69) is 38.0 Å². The highest BCUT2D eigenvalue weighted by Gasteiger charge is 2.35. The van der Waals surface area contributed by atoms with Crippen molar-refractivity contribution in [2.24, 2.45) is 0 Å². The summed E-state index contributed by atoms with van der Waals surface area (Å²) in [4.78, 5) is 28.3. The third-order valence-electron chi connectivity index (χ3n) is 6.04. The smallest absolute Gasteiger partial charge is 0.230 e. The van der Waals surface area contributed by atoms with Gasteiger partial charge in [0.1, 0.15) is 18.0 Å². The van der Waals surface area contributed by atoms with Crippen LogP contribution in [0.2, 0.25) is 0 Å². The van der Waals surface area contributed by atoms with E-state index in [0.29, 0.717) is 0 Å². The van der Waals surface area contributed by atoms with E-state index < -0.39 is 0 Å². The van der Waals surface area contributed by atoms with Crippen LogP contribution in [0.1, 0.15) is 17.0 Å². The Morgan fingerprint density at radius 2 is 1.61 bits per heavy atom. The van der Waals surface area contributed by atoms with E-state index >= 15 is 0 Å². The van der Waals surface area contributed by atoms with Gasteiger partial charge in [0, 0.05) is 45.3 Å². The summed E-state index contributed by atoms with van der Waals surface area (Å²) >= 11 is 0. The zero-order chi connectivity index (χ0) is 18.9. The van der Waals surface area contributed by atoms with Crippen LogP contribution in [-0.2, 0) is 16.0 Å². The third kappa shape index (κ3) is 3.20. The van der Waals surface area contributed by atoms with Gasteiger partial charge in [0.05, 0.1) is 19.1 Å². The Labute approximate surface area is 164 Å². The average molecular weight is 379 g/mol. The number of anilines is 2. The van der Waals surface area contributed by atoms with E-state index in [-0.39, 0.29) is 11.8 Å². The summed E-state index contributed by atoms with van der Waals surface area (Å²) in [6.07, 6.45) is 2.52. The Kier molecular flexibility index (Phi) is 4.60. The van der Waals surface area contributed by atoms with Crippen LogP contribution in [0.15, 0.2) is 36.7 Å². The lowest BCUT2D eigenvalue weighted by molar-refractivity contribution is -0.133. The minimum absolute atomic E-state index is 0.0507. The number of morpholine rings is 1. The molecule has 146 valence electrons. The number of carbonyl (C=O) groups is 1. The lowest BCUT2D eigenvalue weighted by Crippen LogP contribution is -2.51. The molecule has 2 saturated heterocycles. The van der Waals surface area contributed by atoms with Crippen molar-refractivity contribution < 1.29 is 9.53 Å². The molecule has 1 aliphatic carbocycles. The van der Waals surface area contributed by atoms with Crippen molar-refractivity contribution in [1.29, 1.82) is 0 Å². The fourth-order valence-corrected chi connectivity index (χ4v) is 4.33. The normalized spacial score (nSPS) is 21.9. The minimum atomic E-state index is 0.0507. The van der Waals surface area contributed by atoms with Gasteiger partial charge >= 0.3 is 0 Å². The molecule has 28 heavy (non-hydrogen) atoms. The topological polar surface area (TPSA) is 61.8 Å². The highest BCUT2D eigenvalue weighted by Crippen LogP contribution is 2.36. The predicted molar refractivity (Wildman–Crippen MR) is 107 cm³/mol. The largest absolute Gasteiger partial charge is 0.378 e. The van der Waals surface area contributed by atoms with Crippen LogP contribution in [0, 0.1) is 0 Å². The van der Waals surface area contributed by atoms with E-state index in [0.717, 1.165) is 70.5 Å². The van der Waals surface area contributed by atoms with Crippen molar-refractivity contribution in [2.75, 3.05) is 62.3 Å². The van der Waals surface area contributed by atoms with Crippen LogP contribution in [0.5, 0.6) is 0 Å². The molecule has 2 aromatic rings. The van der Waals surface area contributed by atoms with Gasteiger partial charge in [-0.15, -0.1) is 0 Å². The second kappa shape index (κ2) is 7.39. The number of carbonyl (C=O) groups excluding carboxylic acids is 1. The summed E-state index contributed by atoms with van der Waals surface area (Å²) in [6, 6.07) is 10.3. The molecule has 0 N–H and O–H groups in total. The molecule has 0 radical (unpaired) electrons. The molecule has 0 spiro atoms. The van der Waals surface area contributed by atoms with Crippen molar-refractivity contribution in [3.05, 3.63) is 47.8 Å². The fraction of sp³-hybridized carbons (Fsp3) is 0.476. The van der Waals surface area contributed by atoms with E-state index in [9.17, 15) is 4.79 Å². The molecule has 5 rings (SSSR count). The molecular formula is C21H25N5O2. The van der Waals surface area contributed by atoms with Gasteiger partial charge in [-0.1, -0.05) is 24.3 Å². The second-order valence-electron chi connectivity index (χ2n) is 7.60. The first kappa shape index (κ1) is 17.4. The molecule has 1 aromatic heterocycles. The third-order valence-corrected chi connectivity index (χ3v) is 6.04. The highest BCUT2D eigenvalue weighted by molar-refractivity contribution is 5.87. The molecule has 0 saturated carbocycles. The van der Waals surface area contributed by atoms with Crippen LogP contribution in [0.25, 0.3) is 0 Å². The molecule has 7 nitrogen and oxygen atoms in total. The number of rotatable bonds is 3. The van der Waals surface area contributed by atoms with E-state index in [1.165, 1.54) is 11.1 Å². The quantitative estimate of drug-likeness (QED) is 0.801. The molecule has 2 aliphatic heterocycles. The standard InChI is InChI=1S/C21H25N5O2/c27-21(18-13-16-3-1-2-4-17(16)18)26-7-5-24(6-8-26)19-14-20(23-15-22-19)25-9-11-28-12-10-25/h1-4,14-15,18H,5-13H2. The fourth-order valence-electron chi connectivity index (χ4n) is 4.33. The Morgan fingerprint density at radius 3 is 2.32 bits per heavy atom. The summed E-state index contributed by atoms with van der Waals surface area (Å²) in [6.45, 7) is 6.31. The van der Waals surface area contributed by atoms with Crippen molar-refractivity contribution in [1.82, 2.24) is 14.9 Å². The minimum Gasteiger partial charge on any atom is -0.378 e. The molecule has 3 heterocycles. The summed E-state index contributed by atoms with van der Waals surface area (Å²) in [7, 11) is 0. The predicted octanol–water partition coefficient (Wildman–Crippen LogP) is 1.30. The molecule has 0 bridgehead atoms. The van der Waals surface area contributed by atoms with Crippen LogP contribution in [0.4, 0.5) is 11.6 Å². The van der Waals surface area contributed by atoms with Crippen molar-refractivity contribution in [3.63, 3.8) is 0 Å². The number of aromatic nitrogens is 2. The summed E-state index contributed by atoms with van der Waals surface area (Å²) in [5, 5.41) is 0. The Bertz CT molecular complexity index is 859. The van der Waals surface area contributed by atoms with Gasteiger partial charge in [0.25, 0.3) is 0 Å². The average Bonchev–Trinajstić information content (AvgIpc) is 2.75. The monoisotopic (exact) mass is 379 g/mol. The van der Waals surface area contributed by atoms with Gasteiger partial charge in [-0.25, -0.2) is 9.97 Å². The van der Waals surface area contributed by atoms with E-state index in [1.807, 2.05) is 17.0 Å². The first-order chi connectivity index (χ1) is 13.8. The number of piperazine rings is 1. The highest BCUT2D eigenvalue weighted by atomic mass is 16.5. The first-order valence-corrected chi connectivity index (χ1v) is 10.1. The molecular weight excluding hydrogens is 354 g/mol. The number of hydrogen-bond donors (Lipinski definition) is 0. The summed E-state index contributed by atoms with van der Waals surface area (Å²) in [5.74, 6) is 2.22. The number of amides is 1. The van der Waals surface area contributed by atoms with Crippen molar-refractivity contribution in [3.8, 4) is 0 Å². The molecule has 3 aliphatic rings. The van der Waals surface area contributed by atoms with Crippen LogP contribution in [0.3, 0.4) is 0 Å². The summed E-state index contributed by atoms with van der Waals surface area (Å²) < 4.78 is 5.42. The van der Waals surface area contributed by atoms with Gasteiger partial charge < -0.3 is 19.4 Å². The number of nitrogens with zero attached hydrogens (tertiary/aromatic N) is 5. The molecule has 2 fully saturated rings. The maximum Gasteiger partial charge on any atom is 0.230 e. The lowest BCUT2D eigenvalue weighted by atomic mass is 9.77. The van der Waals surface area contributed by atoms with Gasteiger partial charge in [-0.3, -0.25) is 4.79 Å². The Balaban J connectivity index is 1.21. The molecule has 1 amide bonds. The lowest BCUT2D eigenvalue weighted by Gasteiger charge is -2.39. The van der Waals surface area contributed by atoms with Crippen LogP contribution < -0.4 is 9.80 Å². The zero-order valence-electron chi connectivity index (χ0n) is 16.0. The molecule has 1 atom stereocenters. The van der Waals surface area contributed by atoms with Gasteiger partial charge in [0.2, 0.25) is 5.91 Å². The molecule has 1 aromatic carbocycles. The van der Waals surface area contributed by atoms with Crippen molar-refractivity contribution >= 4 is 17.5 Å². The van der Waals surface area contributed by atoms with Crippen LogP contribution >= 0.6 is 0 Å². The van der Waals surface area contributed by atoms with Crippen LogP contribution in [-0.4, -0.2) is 73.3 Å². The maximum absolute atomic E-state index is 12.9. The van der Waals surface area contributed by atoms with Gasteiger partial charge in [-0.05, 0) is 17.5 Å².